The molecule has 1 aliphatic heterocycles. The number of hydrogen-bond donors (Lipinski definition) is 2. The van der Waals surface area contributed by atoms with E-state index in [9.17, 15) is 19.2 Å². The molecule has 1 amide bonds. The van der Waals surface area contributed by atoms with Crippen LogP contribution in [0.4, 0.5) is 4.39 Å². The smallest absolute Gasteiger partial charge is 0.305 e. The molecule has 0 saturated heterocycles. The molecule has 0 radical (unpaired) electrons. The van der Waals surface area contributed by atoms with Gasteiger partial charge in [0.2, 0.25) is 0 Å². The standard InChI is InChI=1S/C21H17FN4O3/c22-13-8-6-12(7-9-13)18-14(11-23)20(24)26(15-3-1-4-16(27)19(15)18)25-21(28)17-5-2-10-29-17/h2,5-10,18H,1,3-4,24H2,(H,25,28). The van der Waals surface area contributed by atoms with Crippen LogP contribution in [-0.2, 0) is 4.79 Å². The topological polar surface area (TPSA) is 112 Å². The van der Waals surface area contributed by atoms with Crippen molar-refractivity contribution in [2.45, 2.75) is 25.2 Å². The Balaban J connectivity index is 1.83. The van der Waals surface area contributed by atoms with Gasteiger partial charge in [-0.25, -0.2) is 9.40 Å². The van der Waals surface area contributed by atoms with Gasteiger partial charge in [-0.1, -0.05) is 12.1 Å². The van der Waals surface area contributed by atoms with Crippen molar-refractivity contribution in [3.05, 3.63) is 82.5 Å². The Kier molecular flexibility index (Phi) is 4.64. The van der Waals surface area contributed by atoms with Crippen molar-refractivity contribution in [2.24, 2.45) is 5.73 Å². The molecule has 4 rings (SSSR count). The first kappa shape index (κ1) is 18.5. The Morgan fingerprint density at radius 3 is 2.69 bits per heavy atom. The molecule has 1 atom stereocenters. The molecular weight excluding hydrogens is 375 g/mol. The number of rotatable bonds is 3. The Morgan fingerprint density at radius 1 is 1.28 bits per heavy atom. The van der Waals surface area contributed by atoms with E-state index in [0.717, 1.165) is 0 Å². The zero-order chi connectivity index (χ0) is 20.5. The molecule has 2 heterocycles. The fourth-order valence-corrected chi connectivity index (χ4v) is 3.77. The normalized spacial score (nSPS) is 19.1. The first-order valence-corrected chi connectivity index (χ1v) is 9.07. The summed E-state index contributed by atoms with van der Waals surface area (Å²) in [6, 6.07) is 10.8. The van der Waals surface area contributed by atoms with E-state index in [2.05, 4.69) is 11.5 Å². The van der Waals surface area contributed by atoms with Crippen molar-refractivity contribution in [1.82, 2.24) is 10.4 Å². The van der Waals surface area contributed by atoms with Crippen LogP contribution in [0.25, 0.3) is 0 Å². The molecule has 29 heavy (non-hydrogen) atoms. The number of furan rings is 1. The summed E-state index contributed by atoms with van der Waals surface area (Å²) in [5.74, 6) is -1.72. The highest BCUT2D eigenvalue weighted by Crippen LogP contribution is 2.44. The average Bonchev–Trinajstić information content (AvgIpc) is 3.25. The SMILES string of the molecule is N#CC1=C(N)N(NC(=O)c2ccco2)C2=C(C(=O)CCC2)C1c1ccc(F)cc1. The summed E-state index contributed by atoms with van der Waals surface area (Å²) in [7, 11) is 0. The van der Waals surface area contributed by atoms with Gasteiger partial charge in [-0.15, -0.1) is 0 Å². The first-order chi connectivity index (χ1) is 14.0. The predicted octanol–water partition coefficient (Wildman–Crippen LogP) is 2.86. The summed E-state index contributed by atoms with van der Waals surface area (Å²) < 4.78 is 18.5. The summed E-state index contributed by atoms with van der Waals surface area (Å²) >= 11 is 0. The third kappa shape index (κ3) is 3.17. The van der Waals surface area contributed by atoms with Gasteiger partial charge in [-0.05, 0) is 42.7 Å². The van der Waals surface area contributed by atoms with Crippen LogP contribution in [0, 0.1) is 17.1 Å². The minimum absolute atomic E-state index is 0.0233. The maximum absolute atomic E-state index is 13.4. The minimum Gasteiger partial charge on any atom is -0.459 e. The molecule has 8 heteroatoms. The lowest BCUT2D eigenvalue weighted by molar-refractivity contribution is -0.116. The molecular formula is C21H17FN4O3. The highest BCUT2D eigenvalue weighted by Gasteiger charge is 2.40. The Bertz CT molecular complexity index is 1080. The highest BCUT2D eigenvalue weighted by atomic mass is 19.1. The maximum atomic E-state index is 13.4. The van der Waals surface area contributed by atoms with Gasteiger partial charge in [0.1, 0.15) is 11.6 Å². The summed E-state index contributed by atoms with van der Waals surface area (Å²) in [5, 5.41) is 11.1. The van der Waals surface area contributed by atoms with Crippen LogP contribution in [0.2, 0.25) is 0 Å². The van der Waals surface area contributed by atoms with E-state index in [1.165, 1.54) is 41.6 Å². The summed E-state index contributed by atoms with van der Waals surface area (Å²) in [6.45, 7) is 0. The van der Waals surface area contributed by atoms with Crippen LogP contribution in [0.3, 0.4) is 0 Å². The van der Waals surface area contributed by atoms with Gasteiger partial charge in [-0.2, -0.15) is 5.26 Å². The van der Waals surface area contributed by atoms with Gasteiger partial charge in [0, 0.05) is 17.7 Å². The molecule has 2 aromatic rings. The van der Waals surface area contributed by atoms with Gasteiger partial charge in [0.25, 0.3) is 0 Å². The van der Waals surface area contributed by atoms with Crippen LogP contribution in [0.15, 0.2) is 69.7 Å². The molecule has 146 valence electrons. The van der Waals surface area contributed by atoms with E-state index in [1.807, 2.05) is 0 Å². The number of nitrogens with two attached hydrogens (primary N) is 1. The number of ketones is 1. The number of nitrogens with zero attached hydrogens (tertiary/aromatic N) is 2. The van der Waals surface area contributed by atoms with Gasteiger partial charge in [0.15, 0.2) is 11.5 Å². The number of carbonyl (C=O) groups excluding carboxylic acids is 2. The molecule has 0 fully saturated rings. The molecule has 0 saturated carbocycles. The van der Waals surface area contributed by atoms with Crippen LogP contribution in [-0.4, -0.2) is 16.7 Å². The highest BCUT2D eigenvalue weighted by molar-refractivity contribution is 6.00. The Labute approximate surface area is 165 Å². The molecule has 1 aromatic carbocycles. The summed E-state index contributed by atoms with van der Waals surface area (Å²) in [4.78, 5) is 25.3. The Morgan fingerprint density at radius 2 is 2.03 bits per heavy atom. The van der Waals surface area contributed by atoms with Crippen molar-refractivity contribution in [2.75, 3.05) is 0 Å². The van der Waals surface area contributed by atoms with Crippen molar-refractivity contribution < 1.29 is 18.4 Å². The van der Waals surface area contributed by atoms with Crippen molar-refractivity contribution in [3.63, 3.8) is 0 Å². The quantitative estimate of drug-likeness (QED) is 0.831. The van der Waals surface area contributed by atoms with Gasteiger partial charge < -0.3 is 10.2 Å². The monoisotopic (exact) mass is 392 g/mol. The molecule has 2 aliphatic rings. The van der Waals surface area contributed by atoms with Crippen LogP contribution >= 0.6 is 0 Å². The second-order valence-corrected chi connectivity index (χ2v) is 6.79. The van der Waals surface area contributed by atoms with Crippen LogP contribution < -0.4 is 11.2 Å². The van der Waals surface area contributed by atoms with Crippen molar-refractivity contribution in [3.8, 4) is 6.07 Å². The van der Waals surface area contributed by atoms with Gasteiger partial charge in [0.05, 0.1) is 23.8 Å². The Hall–Kier alpha value is -3.86. The second-order valence-electron chi connectivity index (χ2n) is 6.79. The number of Topliss-reactive ketones (excluding diaryl/α,β-unsaturated/α-hetero) is 1. The molecule has 0 bridgehead atoms. The fraction of sp³-hybridized carbons (Fsp3) is 0.190. The van der Waals surface area contributed by atoms with E-state index >= 15 is 0 Å². The average molecular weight is 392 g/mol. The van der Waals surface area contributed by atoms with E-state index in [-0.39, 0.29) is 22.9 Å². The van der Waals surface area contributed by atoms with Gasteiger partial charge >= 0.3 is 5.91 Å². The molecule has 1 unspecified atom stereocenters. The number of allylic oxidation sites excluding steroid dienone is 3. The van der Waals surface area contributed by atoms with Crippen LogP contribution in [0.5, 0.6) is 0 Å². The van der Waals surface area contributed by atoms with E-state index < -0.39 is 17.6 Å². The maximum Gasteiger partial charge on any atom is 0.305 e. The molecule has 3 N–H and O–H groups in total. The molecule has 7 nitrogen and oxygen atoms in total. The number of benzene rings is 1. The largest absolute Gasteiger partial charge is 0.459 e. The molecule has 1 aliphatic carbocycles. The fourth-order valence-electron chi connectivity index (χ4n) is 3.77. The minimum atomic E-state index is -0.708. The first-order valence-electron chi connectivity index (χ1n) is 9.07. The summed E-state index contributed by atoms with van der Waals surface area (Å²) in [6.07, 6.45) is 2.78. The lowest BCUT2D eigenvalue weighted by Gasteiger charge is -2.39. The van der Waals surface area contributed by atoms with E-state index in [0.29, 0.717) is 36.1 Å². The van der Waals surface area contributed by atoms with Crippen molar-refractivity contribution in [1.29, 1.82) is 5.26 Å². The van der Waals surface area contributed by atoms with E-state index in [4.69, 9.17) is 10.2 Å². The lowest BCUT2D eigenvalue weighted by atomic mass is 9.76. The molecule has 1 aromatic heterocycles. The number of amides is 1. The molecule has 0 spiro atoms. The number of nitriles is 1. The van der Waals surface area contributed by atoms with Crippen LogP contribution in [0.1, 0.15) is 41.3 Å². The summed E-state index contributed by atoms with van der Waals surface area (Å²) in [5.41, 5.74) is 10.5. The third-order valence-electron chi connectivity index (χ3n) is 5.07. The van der Waals surface area contributed by atoms with Gasteiger partial charge in [-0.3, -0.25) is 15.0 Å². The zero-order valence-electron chi connectivity index (χ0n) is 15.3. The number of nitrogens with one attached hydrogen (secondary N) is 1. The predicted molar refractivity (Wildman–Crippen MR) is 99.9 cm³/mol. The third-order valence-corrected chi connectivity index (χ3v) is 5.07. The number of hydrazine groups is 1. The number of hydrogen-bond acceptors (Lipinski definition) is 6. The number of halogens is 1. The van der Waals surface area contributed by atoms with Crippen molar-refractivity contribution >= 4 is 11.7 Å². The zero-order valence-corrected chi connectivity index (χ0v) is 15.3. The number of carbonyl (C=O) groups is 2. The second kappa shape index (κ2) is 7.28. The van der Waals surface area contributed by atoms with E-state index in [1.54, 1.807) is 6.07 Å². The lowest BCUT2D eigenvalue weighted by Crippen LogP contribution is -2.48.